The molecule has 0 aromatic carbocycles. The van der Waals surface area contributed by atoms with Gasteiger partial charge in [0, 0.05) is 18.7 Å². The first-order valence-electron chi connectivity index (χ1n) is 5.44. The van der Waals surface area contributed by atoms with Gasteiger partial charge in [0.2, 0.25) is 0 Å². The fraction of sp³-hybridized carbons (Fsp3) is 0.455. The van der Waals surface area contributed by atoms with Crippen LogP contribution >= 0.6 is 0 Å². The Morgan fingerprint density at radius 1 is 1.47 bits per heavy atom. The summed E-state index contributed by atoms with van der Waals surface area (Å²) in [5, 5.41) is 7.76. The molecule has 4 nitrogen and oxygen atoms in total. The molecule has 0 amide bonds. The van der Waals surface area contributed by atoms with Gasteiger partial charge in [-0.25, -0.2) is 9.50 Å². The number of rotatable bonds is 1. The summed E-state index contributed by atoms with van der Waals surface area (Å²) in [7, 11) is 0. The molecule has 1 saturated heterocycles. The molecule has 0 bridgehead atoms. The van der Waals surface area contributed by atoms with Crippen LogP contribution in [-0.4, -0.2) is 27.7 Å². The van der Waals surface area contributed by atoms with Crippen LogP contribution in [0.4, 0.5) is 0 Å². The molecule has 15 heavy (non-hydrogen) atoms. The maximum absolute atomic E-state index is 4.37. The Balaban J connectivity index is 2.02. The highest BCUT2D eigenvalue weighted by Crippen LogP contribution is 2.22. The van der Waals surface area contributed by atoms with E-state index in [1.54, 1.807) is 0 Å². The summed E-state index contributed by atoms with van der Waals surface area (Å²) >= 11 is 0. The molecule has 1 fully saturated rings. The van der Waals surface area contributed by atoms with E-state index in [-0.39, 0.29) is 0 Å². The second-order valence-electron chi connectivity index (χ2n) is 4.02. The fourth-order valence-electron chi connectivity index (χ4n) is 2.23. The number of nitrogens with zero attached hydrogens (tertiary/aromatic N) is 3. The first-order chi connectivity index (χ1) is 7.45. The van der Waals surface area contributed by atoms with E-state index in [1.165, 1.54) is 18.5 Å². The van der Waals surface area contributed by atoms with Gasteiger partial charge in [0.25, 0.3) is 0 Å². The van der Waals surface area contributed by atoms with Gasteiger partial charge in [-0.15, -0.1) is 0 Å². The summed E-state index contributed by atoms with van der Waals surface area (Å²) in [6.45, 7) is 2.19. The van der Waals surface area contributed by atoms with Crippen LogP contribution in [0.15, 0.2) is 24.5 Å². The number of fused-ring (bicyclic) bond motifs is 1. The average molecular weight is 202 g/mol. The molecule has 0 spiro atoms. The Kier molecular flexibility index (Phi) is 2.14. The van der Waals surface area contributed by atoms with Gasteiger partial charge in [0.05, 0.1) is 11.9 Å². The quantitative estimate of drug-likeness (QED) is 0.755. The molecule has 1 atom stereocenters. The van der Waals surface area contributed by atoms with E-state index in [0.29, 0.717) is 5.92 Å². The third-order valence-corrected chi connectivity index (χ3v) is 3.02. The molecule has 2 aromatic rings. The first kappa shape index (κ1) is 8.85. The van der Waals surface area contributed by atoms with Crippen molar-refractivity contribution in [2.75, 3.05) is 13.1 Å². The number of hydrogen-bond acceptors (Lipinski definition) is 3. The number of imidazole rings is 1. The number of aromatic nitrogens is 3. The summed E-state index contributed by atoms with van der Waals surface area (Å²) in [6.07, 6.45) is 6.25. The molecular formula is C11H14N4. The second-order valence-corrected chi connectivity index (χ2v) is 4.02. The lowest BCUT2D eigenvalue weighted by atomic mass is 9.97. The van der Waals surface area contributed by atoms with E-state index < -0.39 is 0 Å². The summed E-state index contributed by atoms with van der Waals surface area (Å²) in [5.41, 5.74) is 2.18. The summed E-state index contributed by atoms with van der Waals surface area (Å²) in [6, 6.07) is 3.91. The molecule has 4 heteroatoms. The van der Waals surface area contributed by atoms with Gasteiger partial charge >= 0.3 is 0 Å². The highest BCUT2D eigenvalue weighted by atomic mass is 15.3. The topological polar surface area (TPSA) is 42.2 Å². The molecule has 0 saturated carbocycles. The van der Waals surface area contributed by atoms with E-state index in [2.05, 4.69) is 15.4 Å². The van der Waals surface area contributed by atoms with Crippen LogP contribution in [0.1, 0.15) is 24.5 Å². The van der Waals surface area contributed by atoms with Crippen molar-refractivity contribution in [3.8, 4) is 0 Å². The third-order valence-electron chi connectivity index (χ3n) is 3.02. The maximum Gasteiger partial charge on any atom is 0.153 e. The van der Waals surface area contributed by atoms with Crippen molar-refractivity contribution in [1.29, 1.82) is 0 Å². The molecule has 0 aliphatic carbocycles. The molecule has 2 aromatic heterocycles. The first-order valence-corrected chi connectivity index (χ1v) is 5.44. The van der Waals surface area contributed by atoms with Gasteiger partial charge in [0.15, 0.2) is 5.65 Å². The lowest BCUT2D eigenvalue weighted by Crippen LogP contribution is -2.29. The van der Waals surface area contributed by atoms with E-state index >= 15 is 0 Å². The standard InChI is InChI=1S/C11H14N4/c1-3-9(7-12-5-1)10-8-13-11-4-2-6-14-15(10)11/h2,4,6,8-9,12H,1,3,5,7H2. The summed E-state index contributed by atoms with van der Waals surface area (Å²) in [4.78, 5) is 4.37. The minimum absolute atomic E-state index is 0.559. The van der Waals surface area contributed by atoms with Crippen LogP contribution in [0.5, 0.6) is 0 Å². The molecule has 1 aliphatic rings. The SMILES string of the molecule is c1cnn2c(C3CCCNC3)cnc2c1. The van der Waals surface area contributed by atoms with Crippen molar-refractivity contribution < 1.29 is 0 Å². The Labute approximate surface area is 88.3 Å². The zero-order chi connectivity index (χ0) is 10.1. The Morgan fingerprint density at radius 2 is 2.47 bits per heavy atom. The smallest absolute Gasteiger partial charge is 0.153 e. The molecule has 3 rings (SSSR count). The fourth-order valence-corrected chi connectivity index (χ4v) is 2.23. The second kappa shape index (κ2) is 3.62. The van der Waals surface area contributed by atoms with Crippen LogP contribution in [-0.2, 0) is 0 Å². The molecular weight excluding hydrogens is 188 g/mol. The third kappa shape index (κ3) is 1.51. The van der Waals surface area contributed by atoms with Crippen molar-refractivity contribution in [1.82, 2.24) is 19.9 Å². The maximum atomic E-state index is 4.37. The van der Waals surface area contributed by atoms with Crippen LogP contribution < -0.4 is 5.32 Å². The number of nitrogens with one attached hydrogen (secondary N) is 1. The highest BCUT2D eigenvalue weighted by molar-refractivity contribution is 5.38. The molecule has 1 aliphatic heterocycles. The van der Waals surface area contributed by atoms with Gasteiger partial charge in [-0.1, -0.05) is 0 Å². The zero-order valence-corrected chi connectivity index (χ0v) is 8.56. The van der Waals surface area contributed by atoms with Crippen molar-refractivity contribution >= 4 is 5.65 Å². The van der Waals surface area contributed by atoms with Crippen molar-refractivity contribution in [3.05, 3.63) is 30.2 Å². The van der Waals surface area contributed by atoms with E-state index in [1.807, 2.05) is 29.0 Å². The van der Waals surface area contributed by atoms with Crippen LogP contribution in [0.2, 0.25) is 0 Å². The van der Waals surface area contributed by atoms with Crippen molar-refractivity contribution in [2.45, 2.75) is 18.8 Å². The predicted molar refractivity (Wildman–Crippen MR) is 57.8 cm³/mol. The number of hydrogen-bond donors (Lipinski definition) is 1. The largest absolute Gasteiger partial charge is 0.316 e. The average Bonchev–Trinajstić information content (AvgIpc) is 2.74. The lowest BCUT2D eigenvalue weighted by Gasteiger charge is -2.21. The van der Waals surface area contributed by atoms with Gasteiger partial charge in [-0.2, -0.15) is 5.10 Å². The molecule has 3 heterocycles. The Bertz CT molecular complexity index is 456. The molecule has 78 valence electrons. The van der Waals surface area contributed by atoms with E-state index in [9.17, 15) is 0 Å². The van der Waals surface area contributed by atoms with Gasteiger partial charge < -0.3 is 5.32 Å². The van der Waals surface area contributed by atoms with Gasteiger partial charge in [-0.3, -0.25) is 0 Å². The summed E-state index contributed by atoms with van der Waals surface area (Å²) in [5.74, 6) is 0.559. The van der Waals surface area contributed by atoms with Gasteiger partial charge in [0.1, 0.15) is 0 Å². The van der Waals surface area contributed by atoms with Crippen LogP contribution in [0.3, 0.4) is 0 Å². The normalized spacial score (nSPS) is 22.0. The monoisotopic (exact) mass is 202 g/mol. The van der Waals surface area contributed by atoms with E-state index in [0.717, 1.165) is 18.7 Å². The molecule has 0 radical (unpaired) electrons. The predicted octanol–water partition coefficient (Wildman–Crippen LogP) is 1.20. The zero-order valence-electron chi connectivity index (χ0n) is 8.56. The summed E-state index contributed by atoms with van der Waals surface area (Å²) < 4.78 is 1.96. The lowest BCUT2D eigenvalue weighted by molar-refractivity contribution is 0.449. The van der Waals surface area contributed by atoms with E-state index in [4.69, 9.17) is 0 Å². The van der Waals surface area contributed by atoms with Gasteiger partial charge in [-0.05, 0) is 31.5 Å². The van der Waals surface area contributed by atoms with Crippen LogP contribution in [0.25, 0.3) is 5.65 Å². The number of piperidine rings is 1. The van der Waals surface area contributed by atoms with Crippen LogP contribution in [0, 0.1) is 0 Å². The highest BCUT2D eigenvalue weighted by Gasteiger charge is 2.18. The molecule has 1 N–H and O–H groups in total. The van der Waals surface area contributed by atoms with Crippen molar-refractivity contribution in [2.24, 2.45) is 0 Å². The minimum atomic E-state index is 0.559. The minimum Gasteiger partial charge on any atom is -0.316 e. The Morgan fingerprint density at radius 3 is 3.33 bits per heavy atom. The molecule has 1 unspecified atom stereocenters. The Hall–Kier alpha value is -1.42. The van der Waals surface area contributed by atoms with Crippen molar-refractivity contribution in [3.63, 3.8) is 0 Å².